The molecular weight excluding hydrogens is 468 g/mol. The molecule has 0 unspecified atom stereocenters. The molecule has 0 saturated carbocycles. The van der Waals surface area contributed by atoms with Gasteiger partial charge in [0.2, 0.25) is 21.9 Å². The number of aryl methyl sites for hydroxylation is 1. The summed E-state index contributed by atoms with van der Waals surface area (Å²) in [6.07, 6.45) is 0. The summed E-state index contributed by atoms with van der Waals surface area (Å²) in [5.74, 6) is 6.93. The number of esters is 1. The first-order chi connectivity index (χ1) is 15.8. The normalized spacial score (nSPS) is 11.2. The van der Waals surface area contributed by atoms with Crippen LogP contribution in [0.4, 0.5) is 5.82 Å². The molecule has 14 heteroatoms. The van der Waals surface area contributed by atoms with Crippen LogP contribution < -0.4 is 11.6 Å². The van der Waals surface area contributed by atoms with Crippen LogP contribution in [0, 0.1) is 6.92 Å². The number of carbonyl (C=O) groups excluding carboxylic acids is 2. The summed E-state index contributed by atoms with van der Waals surface area (Å²) in [5.41, 5.74) is 6.53. The molecule has 12 nitrogen and oxygen atoms in total. The molecule has 0 aliphatic heterocycles. The van der Waals surface area contributed by atoms with Crippen molar-refractivity contribution >= 4 is 52.3 Å². The zero-order valence-corrected chi connectivity index (χ0v) is 20.5. The molecule has 0 fully saturated rings. The van der Waals surface area contributed by atoms with Crippen molar-refractivity contribution in [2.75, 3.05) is 37.0 Å². The lowest BCUT2D eigenvalue weighted by atomic mass is 10.2. The predicted octanol–water partition coefficient (Wildman–Crippen LogP) is 1.85. The van der Waals surface area contributed by atoms with E-state index in [4.69, 9.17) is 20.7 Å². The Kier molecular flexibility index (Phi) is 8.02. The van der Waals surface area contributed by atoms with E-state index in [0.717, 1.165) is 0 Å². The van der Waals surface area contributed by atoms with Gasteiger partial charge in [0.15, 0.2) is 0 Å². The molecule has 0 saturated heterocycles. The minimum Gasteiger partial charge on any atom is -0.462 e. The van der Waals surface area contributed by atoms with Crippen molar-refractivity contribution in [3.8, 4) is 0 Å². The number of furan rings is 1. The summed E-state index contributed by atoms with van der Waals surface area (Å²) >= 11 is 2.48. The third kappa shape index (κ3) is 5.33. The number of ether oxygens (including phenoxy) is 1. The van der Waals surface area contributed by atoms with Crippen molar-refractivity contribution in [2.24, 2.45) is 0 Å². The molecule has 0 aliphatic carbocycles. The summed E-state index contributed by atoms with van der Waals surface area (Å²) in [7, 11) is 0. The molecule has 3 aromatic heterocycles. The van der Waals surface area contributed by atoms with Crippen LogP contribution in [0.15, 0.2) is 14.7 Å². The maximum Gasteiger partial charge on any atom is 0.342 e. The lowest BCUT2D eigenvalue weighted by Gasteiger charge is -2.17. The maximum absolute atomic E-state index is 12.2. The van der Waals surface area contributed by atoms with E-state index in [9.17, 15) is 9.59 Å². The summed E-state index contributed by atoms with van der Waals surface area (Å²) in [5, 5.41) is 9.31. The van der Waals surface area contributed by atoms with Crippen LogP contribution in [-0.2, 0) is 15.3 Å². The van der Waals surface area contributed by atoms with Gasteiger partial charge in [-0.25, -0.2) is 14.5 Å². The number of carbonyl (C=O) groups is 2. The van der Waals surface area contributed by atoms with Gasteiger partial charge in [-0.2, -0.15) is 4.98 Å². The minimum absolute atomic E-state index is 0.00955. The van der Waals surface area contributed by atoms with Crippen LogP contribution in [0.5, 0.6) is 0 Å². The second-order valence-electron chi connectivity index (χ2n) is 6.74. The molecule has 0 radical (unpaired) electrons. The summed E-state index contributed by atoms with van der Waals surface area (Å²) in [4.78, 5) is 34.8. The molecule has 1 amide bonds. The first kappa shape index (κ1) is 24.6. The Morgan fingerprint density at radius 3 is 2.42 bits per heavy atom. The lowest BCUT2D eigenvalue weighted by Crippen LogP contribution is -2.32. The number of hydrogen-bond acceptors (Lipinski definition) is 12. The molecule has 0 aliphatic rings. The monoisotopic (exact) mass is 494 g/mol. The zero-order valence-electron chi connectivity index (χ0n) is 18.8. The van der Waals surface area contributed by atoms with Crippen LogP contribution in [0.2, 0.25) is 0 Å². The predicted molar refractivity (Wildman–Crippen MR) is 125 cm³/mol. The van der Waals surface area contributed by atoms with Crippen LogP contribution in [0.25, 0.3) is 11.1 Å². The molecule has 0 aromatic carbocycles. The Labute approximate surface area is 198 Å². The van der Waals surface area contributed by atoms with Gasteiger partial charge in [0.25, 0.3) is 0 Å². The van der Waals surface area contributed by atoms with Gasteiger partial charge in [0.05, 0.1) is 23.5 Å². The molecule has 0 atom stereocenters. The average Bonchev–Trinajstić information content (AvgIpc) is 3.30. The topological polar surface area (TPSA) is 168 Å². The lowest BCUT2D eigenvalue weighted by molar-refractivity contribution is -0.127. The van der Waals surface area contributed by atoms with Crippen molar-refractivity contribution in [2.45, 2.75) is 43.8 Å². The molecular formula is C19H26N8O4S2. The van der Waals surface area contributed by atoms with Gasteiger partial charge in [-0.1, -0.05) is 23.5 Å². The van der Waals surface area contributed by atoms with Crippen LogP contribution in [-0.4, -0.2) is 67.1 Å². The zero-order chi connectivity index (χ0) is 24.1. The van der Waals surface area contributed by atoms with Gasteiger partial charge in [-0.3, -0.25) is 4.79 Å². The molecule has 3 heterocycles. The molecule has 3 rings (SSSR count). The Morgan fingerprint density at radius 2 is 1.79 bits per heavy atom. The number of nitrogens with two attached hydrogens (primary N) is 2. The number of nitrogen functional groups attached to an aromatic ring is 2. The second-order valence-corrected chi connectivity index (χ2v) is 8.62. The van der Waals surface area contributed by atoms with Gasteiger partial charge in [0, 0.05) is 13.1 Å². The number of aromatic nitrogens is 5. The third-order valence-electron chi connectivity index (χ3n) is 4.69. The Bertz CT molecular complexity index is 1160. The Hall–Kier alpha value is -3.00. The van der Waals surface area contributed by atoms with Crippen molar-refractivity contribution in [1.29, 1.82) is 0 Å². The van der Waals surface area contributed by atoms with E-state index in [1.54, 1.807) is 18.7 Å². The van der Waals surface area contributed by atoms with Gasteiger partial charge in [0.1, 0.15) is 23.0 Å². The van der Waals surface area contributed by atoms with Crippen molar-refractivity contribution in [3.05, 3.63) is 17.1 Å². The number of amides is 1. The molecule has 33 heavy (non-hydrogen) atoms. The van der Waals surface area contributed by atoms with E-state index in [2.05, 4.69) is 20.2 Å². The first-order valence-corrected chi connectivity index (χ1v) is 12.2. The average molecular weight is 495 g/mol. The van der Waals surface area contributed by atoms with Crippen molar-refractivity contribution < 1.29 is 18.7 Å². The smallest absolute Gasteiger partial charge is 0.342 e. The fraction of sp³-hybridized carbons (Fsp3) is 0.474. The summed E-state index contributed by atoms with van der Waals surface area (Å²) < 4.78 is 12.0. The molecule has 0 spiro atoms. The molecule has 178 valence electrons. The van der Waals surface area contributed by atoms with E-state index in [0.29, 0.717) is 40.4 Å². The van der Waals surface area contributed by atoms with E-state index >= 15 is 0 Å². The van der Waals surface area contributed by atoms with Gasteiger partial charge in [-0.15, -0.1) is 10.2 Å². The minimum atomic E-state index is -0.535. The van der Waals surface area contributed by atoms with Gasteiger partial charge in [-0.05, 0) is 27.7 Å². The van der Waals surface area contributed by atoms with Crippen LogP contribution in [0.3, 0.4) is 0 Å². The number of hydrogen-bond donors (Lipinski definition) is 2. The van der Waals surface area contributed by atoms with E-state index in [1.807, 2.05) is 13.8 Å². The van der Waals surface area contributed by atoms with Crippen LogP contribution in [0.1, 0.15) is 42.7 Å². The van der Waals surface area contributed by atoms with E-state index < -0.39 is 5.97 Å². The standard InChI is InChI=1S/C19H26N8O4S2/c1-5-26(6-2)12(28)9-33-19-25-24-18(27(19)21)32-8-11-22-15(20)14-13(17(29)30-7-3)10(4)31-16(14)23-11/h5-9,21H2,1-4H3,(H2,20,22,23). The first-order valence-electron chi connectivity index (χ1n) is 10.3. The molecule has 0 bridgehead atoms. The highest BCUT2D eigenvalue weighted by molar-refractivity contribution is 8.00. The van der Waals surface area contributed by atoms with Gasteiger partial charge < -0.3 is 25.6 Å². The fourth-order valence-corrected chi connectivity index (χ4v) is 4.61. The Balaban J connectivity index is 1.71. The highest BCUT2D eigenvalue weighted by Gasteiger charge is 2.24. The molecule has 4 N–H and O–H groups in total. The summed E-state index contributed by atoms with van der Waals surface area (Å²) in [6.45, 7) is 8.74. The van der Waals surface area contributed by atoms with Gasteiger partial charge >= 0.3 is 5.97 Å². The maximum atomic E-state index is 12.2. The van der Waals surface area contributed by atoms with Crippen molar-refractivity contribution in [1.82, 2.24) is 29.7 Å². The quantitative estimate of drug-likeness (QED) is 0.239. The fourth-order valence-electron chi connectivity index (χ4n) is 3.08. The summed E-state index contributed by atoms with van der Waals surface area (Å²) in [6, 6.07) is 0. The van der Waals surface area contributed by atoms with Crippen LogP contribution >= 0.6 is 23.5 Å². The van der Waals surface area contributed by atoms with E-state index in [-0.39, 0.29) is 41.1 Å². The largest absolute Gasteiger partial charge is 0.462 e. The third-order valence-corrected chi connectivity index (χ3v) is 6.55. The van der Waals surface area contributed by atoms with E-state index in [1.165, 1.54) is 28.2 Å². The number of nitrogens with zero attached hydrogens (tertiary/aromatic N) is 6. The number of fused-ring (bicyclic) bond motifs is 1. The number of anilines is 1. The highest BCUT2D eigenvalue weighted by Crippen LogP contribution is 2.30. The van der Waals surface area contributed by atoms with Crippen molar-refractivity contribution in [3.63, 3.8) is 0 Å². The Morgan fingerprint density at radius 1 is 1.12 bits per heavy atom. The number of thioether (sulfide) groups is 2. The molecule has 3 aromatic rings. The highest BCUT2D eigenvalue weighted by atomic mass is 32.2. The number of rotatable bonds is 10. The second kappa shape index (κ2) is 10.7. The SMILES string of the molecule is CCOC(=O)c1c(C)oc2nc(CSc3nnc(SCC(=O)N(CC)CC)n3N)nc(N)c12.